The molecule has 1 N–H and O–H groups in total. The molecule has 15 heteroatoms. The summed E-state index contributed by atoms with van der Waals surface area (Å²) in [5.74, 6) is -0.262. The minimum atomic E-state index is -0.826. The number of hydrogen-bond acceptors (Lipinski definition) is 9. The van der Waals surface area contributed by atoms with E-state index in [1.165, 1.54) is 17.7 Å². The number of pyridine rings is 2. The number of aliphatic carboxylic acids is 1. The highest BCUT2D eigenvalue weighted by atomic mass is 35.5. The number of benzene rings is 2. The molecule has 2 aromatic carbocycles. The second-order valence-corrected chi connectivity index (χ2v) is 21.7. The van der Waals surface area contributed by atoms with E-state index < -0.39 is 17.2 Å². The molecular formula is C56H67Cl2N5O8. The van der Waals surface area contributed by atoms with E-state index in [4.69, 9.17) is 47.5 Å². The smallest absolute Gasteiger partial charge is 0.410 e. The predicted molar refractivity (Wildman–Crippen MR) is 278 cm³/mol. The molecule has 4 aliphatic rings. The molecule has 4 aromatic rings. The standard InChI is InChI=1S/C29H36ClN3O4.C27H31ClN2O4/c1-29(2,3)37-28(35)33-15-12-19(13-16-33)26-23-10-9-22(30)18-21(23)17-20(8-11-25(34)32(4)36-5)24-7-6-14-31-27(24)26;1-27(2,3)34-26(33)30-13-10-17(11-14-30)24-21-8-7-20(28)16-19(21)15-18(6-9-23(31)32)22-5-4-12-29-25(22)24/h6-7,9-10,14,17-19,26H,8,11-13,15-16H2,1-5H3;4-5,7-8,12,15-17,24H,6,9-11,13-14H2,1-3H3,(H,31,32). The fourth-order valence-corrected chi connectivity index (χ4v) is 10.6. The number of aromatic nitrogens is 2. The van der Waals surface area contributed by atoms with Crippen LogP contribution in [-0.4, -0.2) is 106 Å². The summed E-state index contributed by atoms with van der Waals surface area (Å²) in [5, 5.41) is 11.9. The van der Waals surface area contributed by atoms with Crippen LogP contribution in [0.2, 0.25) is 10.0 Å². The fraction of sp³-hybridized carbons (Fsp3) is 0.464. The van der Waals surface area contributed by atoms with E-state index in [1.807, 2.05) is 95.1 Å². The average Bonchev–Trinajstić information content (AvgIpc) is 3.55. The van der Waals surface area contributed by atoms with Crippen LogP contribution in [0.4, 0.5) is 9.59 Å². The highest BCUT2D eigenvalue weighted by Gasteiger charge is 2.38. The van der Waals surface area contributed by atoms with Crippen molar-refractivity contribution in [1.29, 1.82) is 0 Å². The molecule has 2 unspecified atom stereocenters. The minimum Gasteiger partial charge on any atom is -0.481 e. The van der Waals surface area contributed by atoms with Crippen LogP contribution < -0.4 is 0 Å². The van der Waals surface area contributed by atoms with Crippen LogP contribution in [0.15, 0.2) is 73.1 Å². The Morgan fingerprint density at radius 2 is 1.07 bits per heavy atom. The number of likely N-dealkylation sites (tertiary alicyclic amines) is 2. The number of allylic oxidation sites excluding steroid dienone is 2. The number of rotatable bonds is 9. The van der Waals surface area contributed by atoms with E-state index in [0.717, 1.165) is 76.0 Å². The van der Waals surface area contributed by atoms with Crippen molar-refractivity contribution in [3.63, 3.8) is 0 Å². The summed E-state index contributed by atoms with van der Waals surface area (Å²) in [5.41, 5.74) is 9.39. The van der Waals surface area contributed by atoms with E-state index in [2.05, 4.69) is 30.4 Å². The summed E-state index contributed by atoms with van der Waals surface area (Å²) in [6, 6.07) is 19.9. The van der Waals surface area contributed by atoms with Gasteiger partial charge >= 0.3 is 18.2 Å². The van der Waals surface area contributed by atoms with Crippen LogP contribution in [-0.2, 0) is 23.9 Å². The Morgan fingerprint density at radius 1 is 0.662 bits per heavy atom. The number of carboxylic acid groups (broad SMARTS) is 1. The largest absolute Gasteiger partial charge is 0.481 e. The number of fused-ring (bicyclic) bond motifs is 4. The second-order valence-electron chi connectivity index (χ2n) is 20.8. The number of carbonyl (C=O) groups excluding carboxylic acids is 3. The maximum atomic E-state index is 12.7. The Kier molecular flexibility index (Phi) is 17.0. The number of halogens is 2. The van der Waals surface area contributed by atoms with E-state index in [9.17, 15) is 24.3 Å². The number of piperidine rings is 2. The molecule has 0 radical (unpaired) electrons. The quantitative estimate of drug-likeness (QED) is 0.160. The van der Waals surface area contributed by atoms with Crippen molar-refractivity contribution in [3.8, 4) is 0 Å². The van der Waals surface area contributed by atoms with Gasteiger partial charge in [0.25, 0.3) is 0 Å². The van der Waals surface area contributed by atoms with Gasteiger partial charge in [0.2, 0.25) is 5.91 Å². The molecule has 0 bridgehead atoms. The van der Waals surface area contributed by atoms with Crippen molar-refractivity contribution in [2.24, 2.45) is 11.8 Å². The lowest BCUT2D eigenvalue weighted by Crippen LogP contribution is -2.42. The molecule has 8 rings (SSSR count). The van der Waals surface area contributed by atoms with Crippen LogP contribution in [0.3, 0.4) is 0 Å². The molecule has 2 aliphatic carbocycles. The van der Waals surface area contributed by atoms with Crippen LogP contribution in [0.5, 0.6) is 0 Å². The average molecular weight is 1010 g/mol. The van der Waals surface area contributed by atoms with Gasteiger partial charge in [-0.1, -0.05) is 59.6 Å². The molecule has 4 heterocycles. The lowest BCUT2D eigenvalue weighted by atomic mass is 9.76. The van der Waals surface area contributed by atoms with Gasteiger partial charge in [-0.25, -0.2) is 14.7 Å². The molecule has 2 aliphatic heterocycles. The first kappa shape index (κ1) is 53.0. The first-order valence-electron chi connectivity index (χ1n) is 24.6. The van der Waals surface area contributed by atoms with Crippen molar-refractivity contribution in [2.45, 2.75) is 116 Å². The number of carboxylic acids is 1. The zero-order valence-electron chi connectivity index (χ0n) is 42.2. The van der Waals surface area contributed by atoms with Gasteiger partial charge in [-0.3, -0.25) is 24.4 Å². The molecule has 2 aromatic heterocycles. The van der Waals surface area contributed by atoms with Crippen LogP contribution in [0, 0.1) is 11.8 Å². The molecule has 2 fully saturated rings. The summed E-state index contributed by atoms with van der Waals surface area (Å²) in [6.07, 6.45) is 12.0. The van der Waals surface area contributed by atoms with Gasteiger partial charge in [-0.15, -0.1) is 0 Å². The SMILES string of the molecule is CC(C)(C)OC(=O)N1CCC(C2c3ccc(Cl)cc3C=C(CCC(=O)O)c3cccnc32)CC1.CON(C)C(=O)CCC1=Cc2cc(Cl)ccc2C(C2CCN(C(=O)OC(C)(C)C)CC2)c2ncccc21. The second kappa shape index (κ2) is 22.8. The van der Waals surface area contributed by atoms with Gasteiger partial charge in [0.1, 0.15) is 11.2 Å². The van der Waals surface area contributed by atoms with E-state index >= 15 is 0 Å². The number of carbonyl (C=O) groups is 4. The fourth-order valence-electron chi connectivity index (χ4n) is 10.2. The molecule has 71 heavy (non-hydrogen) atoms. The van der Waals surface area contributed by atoms with Gasteiger partial charge < -0.3 is 24.4 Å². The Morgan fingerprint density at radius 3 is 1.45 bits per heavy atom. The predicted octanol–water partition coefficient (Wildman–Crippen LogP) is 12.4. The minimum absolute atomic E-state index is 0.0304. The maximum absolute atomic E-state index is 12.7. The van der Waals surface area contributed by atoms with Gasteiger partial charge in [0.15, 0.2) is 0 Å². The zero-order valence-corrected chi connectivity index (χ0v) is 43.7. The maximum Gasteiger partial charge on any atom is 0.410 e. The van der Waals surface area contributed by atoms with Crippen molar-refractivity contribution < 1.29 is 38.6 Å². The summed E-state index contributed by atoms with van der Waals surface area (Å²) >= 11 is 12.8. The number of hydrogen-bond donors (Lipinski definition) is 1. The monoisotopic (exact) mass is 1010 g/mol. The zero-order chi connectivity index (χ0) is 51.2. The molecule has 2 saturated heterocycles. The third kappa shape index (κ3) is 13.4. The van der Waals surface area contributed by atoms with Crippen LogP contribution in [0.1, 0.15) is 150 Å². The highest BCUT2D eigenvalue weighted by molar-refractivity contribution is 6.31. The van der Waals surface area contributed by atoms with Gasteiger partial charge in [-0.2, -0.15) is 0 Å². The Balaban J connectivity index is 0.000000209. The molecule has 378 valence electrons. The summed E-state index contributed by atoms with van der Waals surface area (Å²) in [4.78, 5) is 67.4. The van der Waals surface area contributed by atoms with Gasteiger partial charge in [-0.05, 0) is 173 Å². The molecule has 2 atom stereocenters. The van der Waals surface area contributed by atoms with E-state index in [1.54, 1.807) is 18.1 Å². The first-order valence-corrected chi connectivity index (χ1v) is 25.3. The molecular weight excluding hydrogens is 942 g/mol. The number of amides is 3. The number of nitrogens with zero attached hydrogens (tertiary/aromatic N) is 5. The molecule has 0 spiro atoms. The lowest BCUT2D eigenvalue weighted by Gasteiger charge is -2.37. The van der Waals surface area contributed by atoms with Crippen LogP contribution >= 0.6 is 23.2 Å². The summed E-state index contributed by atoms with van der Waals surface area (Å²) in [6.45, 7) is 13.8. The third-order valence-electron chi connectivity index (χ3n) is 13.6. The van der Waals surface area contributed by atoms with E-state index in [-0.39, 0.29) is 42.3 Å². The van der Waals surface area contributed by atoms with Crippen molar-refractivity contribution in [3.05, 3.63) is 128 Å². The summed E-state index contributed by atoms with van der Waals surface area (Å²) in [7, 11) is 3.10. The van der Waals surface area contributed by atoms with E-state index in [0.29, 0.717) is 61.4 Å². The number of hydroxylamine groups is 2. The van der Waals surface area contributed by atoms with Gasteiger partial charge in [0.05, 0.1) is 18.5 Å². The Bertz CT molecular complexity index is 2660. The molecule has 3 amide bonds. The number of ether oxygens (including phenoxy) is 2. The highest BCUT2D eigenvalue weighted by Crippen LogP contribution is 2.47. The van der Waals surface area contributed by atoms with Gasteiger partial charge in [0, 0.05) is 80.3 Å². The Labute approximate surface area is 428 Å². The third-order valence-corrected chi connectivity index (χ3v) is 14.0. The summed E-state index contributed by atoms with van der Waals surface area (Å²) < 4.78 is 11.2. The lowest BCUT2D eigenvalue weighted by molar-refractivity contribution is -0.168. The molecule has 13 nitrogen and oxygen atoms in total. The Hall–Kier alpha value is -5.76. The first-order chi connectivity index (χ1) is 33.7. The van der Waals surface area contributed by atoms with Crippen molar-refractivity contribution in [2.75, 3.05) is 40.3 Å². The van der Waals surface area contributed by atoms with Crippen LogP contribution in [0.25, 0.3) is 23.3 Å². The van der Waals surface area contributed by atoms with Crippen molar-refractivity contribution >= 4 is 70.6 Å². The topological polar surface area (TPSA) is 152 Å². The normalized spacial score (nSPS) is 18.1. The molecule has 0 saturated carbocycles. The van der Waals surface area contributed by atoms with Crippen molar-refractivity contribution in [1.82, 2.24) is 24.8 Å².